The molecular formula is C15H28N2O3. The van der Waals surface area contributed by atoms with Crippen LogP contribution in [0.4, 0.5) is 4.79 Å². The number of urea groups is 1. The average molecular weight is 284 g/mol. The third-order valence-electron chi connectivity index (χ3n) is 4.14. The maximum absolute atomic E-state index is 12.0. The molecule has 116 valence electrons. The van der Waals surface area contributed by atoms with Crippen LogP contribution >= 0.6 is 0 Å². The molecule has 20 heavy (non-hydrogen) atoms. The summed E-state index contributed by atoms with van der Waals surface area (Å²) in [6.07, 6.45) is 5.50. The minimum atomic E-state index is -0.751. The van der Waals surface area contributed by atoms with Gasteiger partial charge in [-0.3, -0.25) is 4.79 Å². The molecule has 1 aliphatic carbocycles. The summed E-state index contributed by atoms with van der Waals surface area (Å²) in [6, 6.07) is 0.0184. The molecule has 0 aliphatic heterocycles. The van der Waals surface area contributed by atoms with Gasteiger partial charge in [-0.1, -0.05) is 13.3 Å². The molecule has 0 saturated heterocycles. The molecule has 1 aliphatic rings. The number of carbonyl (C=O) groups excluding carboxylic acids is 1. The van der Waals surface area contributed by atoms with E-state index in [1.807, 2.05) is 18.7 Å². The van der Waals surface area contributed by atoms with E-state index in [2.05, 4.69) is 5.32 Å². The number of hydrogen-bond donors (Lipinski definition) is 2. The maximum atomic E-state index is 12.0. The summed E-state index contributed by atoms with van der Waals surface area (Å²) in [5.74, 6) is 0.266. The molecule has 2 amide bonds. The summed E-state index contributed by atoms with van der Waals surface area (Å²) in [6.45, 7) is 6.28. The van der Waals surface area contributed by atoms with E-state index in [1.54, 1.807) is 0 Å². The fourth-order valence-electron chi connectivity index (χ4n) is 2.39. The molecule has 5 heteroatoms. The predicted molar refractivity (Wildman–Crippen MR) is 78.6 cm³/mol. The van der Waals surface area contributed by atoms with Gasteiger partial charge in [0.25, 0.3) is 0 Å². The molecular weight excluding hydrogens is 256 g/mol. The van der Waals surface area contributed by atoms with Crippen molar-refractivity contribution in [3.63, 3.8) is 0 Å². The lowest BCUT2D eigenvalue weighted by molar-refractivity contribution is -0.137. The van der Waals surface area contributed by atoms with Gasteiger partial charge in [0.1, 0.15) is 0 Å². The van der Waals surface area contributed by atoms with Crippen molar-refractivity contribution in [1.29, 1.82) is 0 Å². The third kappa shape index (κ3) is 6.26. The van der Waals surface area contributed by atoms with Crippen LogP contribution in [0.3, 0.4) is 0 Å². The SMILES string of the molecule is CCN(CC1CCC1)C(=O)NCCC(C)CCC(=O)O. The van der Waals surface area contributed by atoms with E-state index in [0.29, 0.717) is 24.8 Å². The predicted octanol–water partition coefficient (Wildman–Crippen LogP) is 2.71. The Kier molecular flexibility index (Phi) is 7.41. The lowest BCUT2D eigenvalue weighted by Gasteiger charge is -2.31. The van der Waals surface area contributed by atoms with Crippen LogP contribution in [0.5, 0.6) is 0 Å². The highest BCUT2D eigenvalue weighted by Crippen LogP contribution is 2.26. The number of nitrogens with zero attached hydrogens (tertiary/aromatic N) is 1. The van der Waals surface area contributed by atoms with Crippen molar-refractivity contribution >= 4 is 12.0 Å². The van der Waals surface area contributed by atoms with Crippen molar-refractivity contribution in [3.05, 3.63) is 0 Å². The zero-order valence-electron chi connectivity index (χ0n) is 12.7. The van der Waals surface area contributed by atoms with Crippen molar-refractivity contribution in [2.45, 2.75) is 52.4 Å². The van der Waals surface area contributed by atoms with Gasteiger partial charge in [0.05, 0.1) is 0 Å². The smallest absolute Gasteiger partial charge is 0.317 e. The van der Waals surface area contributed by atoms with Crippen LogP contribution in [-0.4, -0.2) is 41.6 Å². The topological polar surface area (TPSA) is 69.6 Å². The lowest BCUT2D eigenvalue weighted by Crippen LogP contribution is -2.43. The minimum Gasteiger partial charge on any atom is -0.481 e. The zero-order valence-corrected chi connectivity index (χ0v) is 12.7. The number of nitrogens with one attached hydrogen (secondary N) is 1. The molecule has 1 atom stereocenters. The second-order valence-corrected chi connectivity index (χ2v) is 5.89. The van der Waals surface area contributed by atoms with Gasteiger partial charge in [-0.25, -0.2) is 4.79 Å². The van der Waals surface area contributed by atoms with Gasteiger partial charge in [0.15, 0.2) is 0 Å². The molecule has 1 saturated carbocycles. The Morgan fingerprint density at radius 2 is 2.05 bits per heavy atom. The van der Waals surface area contributed by atoms with Crippen LogP contribution in [0.2, 0.25) is 0 Å². The van der Waals surface area contributed by atoms with Crippen LogP contribution < -0.4 is 5.32 Å². The van der Waals surface area contributed by atoms with Crippen molar-refractivity contribution in [3.8, 4) is 0 Å². The fourth-order valence-corrected chi connectivity index (χ4v) is 2.39. The molecule has 0 aromatic rings. The first-order valence-electron chi connectivity index (χ1n) is 7.77. The highest BCUT2D eigenvalue weighted by molar-refractivity contribution is 5.74. The van der Waals surface area contributed by atoms with Crippen LogP contribution in [0.15, 0.2) is 0 Å². The molecule has 1 unspecified atom stereocenters. The molecule has 2 N–H and O–H groups in total. The minimum absolute atomic E-state index is 0.0184. The van der Waals surface area contributed by atoms with Crippen molar-refractivity contribution in [2.75, 3.05) is 19.6 Å². The van der Waals surface area contributed by atoms with Gasteiger partial charge < -0.3 is 15.3 Å². The Morgan fingerprint density at radius 1 is 1.35 bits per heavy atom. The molecule has 0 radical (unpaired) electrons. The number of rotatable bonds is 9. The second kappa shape index (κ2) is 8.82. The normalized spacial score (nSPS) is 16.3. The first-order valence-corrected chi connectivity index (χ1v) is 7.77. The van der Waals surface area contributed by atoms with Crippen molar-refractivity contribution in [2.24, 2.45) is 11.8 Å². The van der Waals surface area contributed by atoms with Crippen LogP contribution in [-0.2, 0) is 4.79 Å². The Balaban J connectivity index is 2.15. The van der Waals surface area contributed by atoms with Gasteiger partial charge in [0.2, 0.25) is 0 Å². The molecule has 0 bridgehead atoms. The van der Waals surface area contributed by atoms with E-state index in [-0.39, 0.29) is 12.5 Å². The van der Waals surface area contributed by atoms with E-state index >= 15 is 0 Å². The summed E-state index contributed by atoms with van der Waals surface area (Å²) in [5, 5.41) is 11.6. The largest absolute Gasteiger partial charge is 0.481 e. The summed E-state index contributed by atoms with van der Waals surface area (Å²) in [5.41, 5.74) is 0. The second-order valence-electron chi connectivity index (χ2n) is 5.89. The van der Waals surface area contributed by atoms with E-state index < -0.39 is 5.97 Å². The van der Waals surface area contributed by atoms with E-state index in [0.717, 1.165) is 19.5 Å². The molecule has 1 fully saturated rings. The van der Waals surface area contributed by atoms with Gasteiger partial charge in [-0.2, -0.15) is 0 Å². The van der Waals surface area contributed by atoms with Crippen molar-refractivity contribution in [1.82, 2.24) is 10.2 Å². The van der Waals surface area contributed by atoms with Crippen molar-refractivity contribution < 1.29 is 14.7 Å². The van der Waals surface area contributed by atoms with Gasteiger partial charge >= 0.3 is 12.0 Å². The first-order chi connectivity index (χ1) is 9.52. The molecule has 0 aromatic heterocycles. The number of aliphatic carboxylic acids is 1. The highest BCUT2D eigenvalue weighted by Gasteiger charge is 2.22. The Labute approximate surface area is 121 Å². The Morgan fingerprint density at radius 3 is 2.55 bits per heavy atom. The first kappa shape index (κ1) is 16.8. The van der Waals surface area contributed by atoms with Crippen LogP contribution in [0, 0.1) is 11.8 Å². The van der Waals surface area contributed by atoms with E-state index in [9.17, 15) is 9.59 Å². The Hall–Kier alpha value is -1.26. The summed E-state index contributed by atoms with van der Waals surface area (Å²) in [4.78, 5) is 24.4. The molecule has 1 rings (SSSR count). The summed E-state index contributed by atoms with van der Waals surface area (Å²) in [7, 11) is 0. The molecule has 0 aromatic carbocycles. The monoisotopic (exact) mass is 284 g/mol. The van der Waals surface area contributed by atoms with Gasteiger partial charge in [-0.05, 0) is 44.4 Å². The van der Waals surface area contributed by atoms with Gasteiger partial charge in [0, 0.05) is 26.1 Å². The molecule has 0 spiro atoms. The fraction of sp³-hybridized carbons (Fsp3) is 0.867. The average Bonchev–Trinajstić information content (AvgIpc) is 2.35. The van der Waals surface area contributed by atoms with E-state index in [1.165, 1.54) is 19.3 Å². The number of carbonyl (C=O) groups is 2. The number of hydrogen-bond acceptors (Lipinski definition) is 2. The quantitative estimate of drug-likeness (QED) is 0.684. The number of amides is 2. The summed E-state index contributed by atoms with van der Waals surface area (Å²) >= 11 is 0. The highest BCUT2D eigenvalue weighted by atomic mass is 16.4. The standard InChI is InChI=1S/C15H28N2O3/c1-3-17(11-13-5-4-6-13)15(20)16-10-9-12(2)7-8-14(18)19/h12-13H,3-11H2,1-2H3,(H,16,20)(H,18,19). The summed E-state index contributed by atoms with van der Waals surface area (Å²) < 4.78 is 0. The zero-order chi connectivity index (χ0) is 15.0. The lowest BCUT2D eigenvalue weighted by atomic mass is 9.85. The molecule has 0 heterocycles. The Bertz CT molecular complexity index is 316. The van der Waals surface area contributed by atoms with E-state index in [4.69, 9.17) is 5.11 Å². The third-order valence-corrected chi connectivity index (χ3v) is 4.14. The number of carboxylic acid groups (broad SMARTS) is 1. The maximum Gasteiger partial charge on any atom is 0.317 e. The molecule has 5 nitrogen and oxygen atoms in total. The van der Waals surface area contributed by atoms with Crippen LogP contribution in [0.1, 0.15) is 52.4 Å². The van der Waals surface area contributed by atoms with Crippen LogP contribution in [0.25, 0.3) is 0 Å². The van der Waals surface area contributed by atoms with Gasteiger partial charge in [-0.15, -0.1) is 0 Å². The number of carboxylic acids is 1.